The Labute approximate surface area is 96.9 Å². The van der Waals surface area contributed by atoms with E-state index in [4.69, 9.17) is 5.26 Å². The van der Waals surface area contributed by atoms with E-state index in [1.165, 1.54) is 0 Å². The molecule has 0 amide bonds. The highest BCUT2D eigenvalue weighted by molar-refractivity contribution is 5.57. The van der Waals surface area contributed by atoms with Crippen molar-refractivity contribution in [1.82, 2.24) is 10.3 Å². The van der Waals surface area contributed by atoms with E-state index in [0.717, 1.165) is 30.2 Å². The van der Waals surface area contributed by atoms with Crippen LogP contribution in [0.5, 0.6) is 0 Å². The van der Waals surface area contributed by atoms with Crippen LogP contribution in [0, 0.1) is 25.2 Å². The van der Waals surface area contributed by atoms with Crippen molar-refractivity contribution in [3.8, 4) is 6.07 Å². The summed E-state index contributed by atoms with van der Waals surface area (Å²) in [6.45, 7) is 5.60. The lowest BCUT2D eigenvalue weighted by Crippen LogP contribution is -2.28. The fraction of sp³-hybridized carbons (Fsp3) is 0.500. The summed E-state index contributed by atoms with van der Waals surface area (Å²) in [6.07, 6.45) is 0. The molecule has 0 saturated heterocycles. The van der Waals surface area contributed by atoms with Crippen molar-refractivity contribution in [1.29, 1.82) is 5.26 Å². The van der Waals surface area contributed by atoms with Crippen LogP contribution in [0.25, 0.3) is 0 Å². The molecular formula is C12H18N4. The number of pyridine rings is 1. The van der Waals surface area contributed by atoms with E-state index in [2.05, 4.69) is 16.4 Å². The Bertz CT molecular complexity index is 406. The minimum Gasteiger partial charge on any atom is -0.357 e. The van der Waals surface area contributed by atoms with E-state index in [-0.39, 0.29) is 0 Å². The third-order valence-electron chi connectivity index (χ3n) is 2.50. The highest BCUT2D eigenvalue weighted by atomic mass is 15.2. The molecule has 0 fully saturated rings. The average Bonchev–Trinajstić information content (AvgIpc) is 2.24. The number of likely N-dealkylation sites (N-methyl/N-ethyl adjacent to an activating group) is 2. The summed E-state index contributed by atoms with van der Waals surface area (Å²) in [5.74, 6) is 0.773. The SMILES string of the molecule is CNCCN(C)c1nc(C)cc(C)c1C#N. The van der Waals surface area contributed by atoms with Crippen LogP contribution in [0.15, 0.2) is 6.07 Å². The number of nitrogens with zero attached hydrogens (tertiary/aromatic N) is 3. The fourth-order valence-corrected chi connectivity index (χ4v) is 1.62. The lowest BCUT2D eigenvalue weighted by Gasteiger charge is -2.20. The number of aryl methyl sites for hydroxylation is 2. The Morgan fingerprint density at radius 2 is 2.19 bits per heavy atom. The molecule has 1 aromatic rings. The van der Waals surface area contributed by atoms with Crippen LogP contribution in [0.3, 0.4) is 0 Å². The zero-order valence-electron chi connectivity index (χ0n) is 10.3. The number of aromatic nitrogens is 1. The van der Waals surface area contributed by atoms with Gasteiger partial charge < -0.3 is 10.2 Å². The van der Waals surface area contributed by atoms with Crippen LogP contribution in [-0.4, -0.2) is 32.2 Å². The molecule has 0 saturated carbocycles. The smallest absolute Gasteiger partial charge is 0.146 e. The molecule has 0 aliphatic heterocycles. The highest BCUT2D eigenvalue weighted by Crippen LogP contribution is 2.20. The topological polar surface area (TPSA) is 52.0 Å². The van der Waals surface area contributed by atoms with E-state index in [9.17, 15) is 0 Å². The predicted molar refractivity (Wildman–Crippen MR) is 65.6 cm³/mol. The number of rotatable bonds is 4. The molecule has 4 nitrogen and oxygen atoms in total. The second kappa shape index (κ2) is 5.47. The van der Waals surface area contributed by atoms with Crippen LogP contribution in [0.2, 0.25) is 0 Å². The molecule has 16 heavy (non-hydrogen) atoms. The van der Waals surface area contributed by atoms with Gasteiger partial charge in [0, 0.05) is 25.8 Å². The van der Waals surface area contributed by atoms with Crippen LogP contribution in [0.4, 0.5) is 5.82 Å². The van der Waals surface area contributed by atoms with Gasteiger partial charge in [-0.25, -0.2) is 4.98 Å². The number of nitriles is 1. The standard InChI is InChI=1S/C12H18N4/c1-9-7-10(2)15-12(11(9)8-13)16(4)6-5-14-3/h7,14H,5-6H2,1-4H3. The molecule has 0 aromatic carbocycles. The Morgan fingerprint density at radius 3 is 2.75 bits per heavy atom. The van der Waals surface area contributed by atoms with Gasteiger partial charge >= 0.3 is 0 Å². The molecule has 0 aliphatic carbocycles. The molecule has 0 aliphatic rings. The summed E-state index contributed by atoms with van der Waals surface area (Å²) in [7, 11) is 3.87. The van der Waals surface area contributed by atoms with E-state index < -0.39 is 0 Å². The lowest BCUT2D eigenvalue weighted by molar-refractivity contribution is 0.759. The van der Waals surface area contributed by atoms with Crippen LogP contribution < -0.4 is 10.2 Å². The fourth-order valence-electron chi connectivity index (χ4n) is 1.62. The van der Waals surface area contributed by atoms with Crippen molar-refractivity contribution in [3.63, 3.8) is 0 Å². The number of nitrogens with one attached hydrogen (secondary N) is 1. The maximum absolute atomic E-state index is 9.13. The van der Waals surface area contributed by atoms with Gasteiger partial charge in [-0.1, -0.05) is 0 Å². The Hall–Kier alpha value is -1.60. The summed E-state index contributed by atoms with van der Waals surface area (Å²) in [4.78, 5) is 6.44. The third-order valence-corrected chi connectivity index (χ3v) is 2.50. The Morgan fingerprint density at radius 1 is 1.50 bits per heavy atom. The molecule has 1 aromatic heterocycles. The van der Waals surface area contributed by atoms with Gasteiger partial charge in [-0.2, -0.15) is 5.26 Å². The van der Waals surface area contributed by atoms with E-state index in [1.807, 2.05) is 38.9 Å². The molecule has 1 heterocycles. The zero-order valence-corrected chi connectivity index (χ0v) is 10.3. The van der Waals surface area contributed by atoms with Crippen LogP contribution in [-0.2, 0) is 0 Å². The summed E-state index contributed by atoms with van der Waals surface area (Å²) in [5, 5.41) is 12.2. The van der Waals surface area contributed by atoms with Gasteiger partial charge in [-0.05, 0) is 32.5 Å². The van der Waals surface area contributed by atoms with Gasteiger partial charge in [0.05, 0.1) is 5.56 Å². The first-order valence-electron chi connectivity index (χ1n) is 5.34. The lowest BCUT2D eigenvalue weighted by atomic mass is 10.1. The Kier molecular flexibility index (Phi) is 4.27. The molecule has 0 unspecified atom stereocenters. The molecule has 1 rings (SSSR count). The first-order chi connectivity index (χ1) is 7.60. The van der Waals surface area contributed by atoms with Crippen molar-refractivity contribution >= 4 is 5.82 Å². The second-order valence-corrected chi connectivity index (χ2v) is 3.92. The first kappa shape index (κ1) is 12.5. The molecular weight excluding hydrogens is 200 g/mol. The van der Waals surface area contributed by atoms with Gasteiger partial charge in [0.2, 0.25) is 0 Å². The summed E-state index contributed by atoms with van der Waals surface area (Å²) in [6, 6.07) is 4.16. The minimum absolute atomic E-state index is 0.671. The molecule has 0 radical (unpaired) electrons. The Balaban J connectivity index is 3.07. The molecule has 86 valence electrons. The van der Waals surface area contributed by atoms with Crippen molar-refractivity contribution in [2.24, 2.45) is 0 Å². The van der Waals surface area contributed by atoms with Crippen LogP contribution >= 0.6 is 0 Å². The molecule has 1 N–H and O–H groups in total. The monoisotopic (exact) mass is 218 g/mol. The van der Waals surface area contributed by atoms with Crippen molar-refractivity contribution in [3.05, 3.63) is 22.9 Å². The quantitative estimate of drug-likeness (QED) is 0.825. The largest absolute Gasteiger partial charge is 0.357 e. The van der Waals surface area contributed by atoms with Gasteiger partial charge in [0.15, 0.2) is 0 Å². The van der Waals surface area contributed by atoms with E-state index in [1.54, 1.807) is 0 Å². The zero-order chi connectivity index (χ0) is 12.1. The van der Waals surface area contributed by atoms with Crippen molar-refractivity contribution in [2.45, 2.75) is 13.8 Å². The molecule has 4 heteroatoms. The first-order valence-corrected chi connectivity index (χ1v) is 5.34. The van der Waals surface area contributed by atoms with E-state index >= 15 is 0 Å². The predicted octanol–water partition coefficient (Wildman–Crippen LogP) is 1.23. The van der Waals surface area contributed by atoms with Crippen molar-refractivity contribution < 1.29 is 0 Å². The number of hydrogen-bond donors (Lipinski definition) is 1. The maximum atomic E-state index is 9.13. The second-order valence-electron chi connectivity index (χ2n) is 3.92. The van der Waals surface area contributed by atoms with Crippen molar-refractivity contribution in [2.75, 3.05) is 32.1 Å². The summed E-state index contributed by atoms with van der Waals surface area (Å²) >= 11 is 0. The van der Waals surface area contributed by atoms with Crippen LogP contribution in [0.1, 0.15) is 16.8 Å². The van der Waals surface area contributed by atoms with Gasteiger partial charge in [-0.3, -0.25) is 0 Å². The number of hydrogen-bond acceptors (Lipinski definition) is 4. The highest BCUT2D eigenvalue weighted by Gasteiger charge is 2.11. The van der Waals surface area contributed by atoms with Gasteiger partial charge in [-0.15, -0.1) is 0 Å². The molecule has 0 bridgehead atoms. The summed E-state index contributed by atoms with van der Waals surface area (Å²) < 4.78 is 0. The maximum Gasteiger partial charge on any atom is 0.146 e. The van der Waals surface area contributed by atoms with Gasteiger partial charge in [0.25, 0.3) is 0 Å². The van der Waals surface area contributed by atoms with Gasteiger partial charge in [0.1, 0.15) is 11.9 Å². The summed E-state index contributed by atoms with van der Waals surface area (Å²) in [5.41, 5.74) is 2.60. The molecule has 0 atom stereocenters. The van der Waals surface area contributed by atoms with E-state index in [0.29, 0.717) is 5.56 Å². The third kappa shape index (κ3) is 2.71. The number of anilines is 1. The average molecular weight is 218 g/mol. The minimum atomic E-state index is 0.671. The molecule has 0 spiro atoms. The normalized spacial score (nSPS) is 9.94.